The monoisotopic (exact) mass is 259 g/mol. The summed E-state index contributed by atoms with van der Waals surface area (Å²) in [6.07, 6.45) is 5.60. The third-order valence-electron chi connectivity index (χ3n) is 1.52. The van der Waals surface area contributed by atoms with Gasteiger partial charge in [0.1, 0.15) is 0 Å². The second-order valence-corrected chi connectivity index (χ2v) is 3.77. The average molecular weight is 260 g/mol. The predicted molar refractivity (Wildman–Crippen MR) is 61.4 cm³/mol. The van der Waals surface area contributed by atoms with Crippen LogP contribution in [0.2, 0.25) is 0 Å². The van der Waals surface area contributed by atoms with Gasteiger partial charge in [-0.2, -0.15) is 12.6 Å². The summed E-state index contributed by atoms with van der Waals surface area (Å²) in [5, 5.41) is 0. The maximum atomic E-state index is 11.3. The highest BCUT2D eigenvalue weighted by molar-refractivity contribution is 9.10. The molecule has 2 nitrogen and oxygen atoms in total. The highest BCUT2D eigenvalue weighted by atomic mass is 79.9. The number of nitrogens with zero attached hydrogens (tertiary/aromatic N) is 1. The van der Waals surface area contributed by atoms with Crippen LogP contribution in [0.3, 0.4) is 0 Å². The Bertz CT molecular complexity index is 359. The number of thiol groups is 1. The van der Waals surface area contributed by atoms with Gasteiger partial charge in [-0.3, -0.25) is 4.79 Å². The first-order valence-corrected chi connectivity index (χ1v) is 5.28. The highest BCUT2D eigenvalue weighted by Gasteiger charge is 1.93. The minimum absolute atomic E-state index is 0.00649. The number of hydrogen-bond acceptors (Lipinski definition) is 2. The van der Waals surface area contributed by atoms with Gasteiger partial charge in [-0.15, -0.1) is 0 Å². The van der Waals surface area contributed by atoms with E-state index < -0.39 is 0 Å². The molecule has 13 heavy (non-hydrogen) atoms. The van der Waals surface area contributed by atoms with Crippen LogP contribution in [0.4, 0.5) is 0 Å². The zero-order valence-corrected chi connectivity index (χ0v) is 9.46. The van der Waals surface area contributed by atoms with E-state index in [1.54, 1.807) is 22.9 Å². The SMILES string of the molecule is O=c1ccc(Br)cn1CC=CCS. The summed E-state index contributed by atoms with van der Waals surface area (Å²) >= 11 is 7.34. The lowest BCUT2D eigenvalue weighted by molar-refractivity contribution is 0.775. The van der Waals surface area contributed by atoms with Crippen LogP contribution in [0.25, 0.3) is 0 Å². The van der Waals surface area contributed by atoms with Crippen LogP contribution in [0, 0.1) is 0 Å². The van der Waals surface area contributed by atoms with Crippen molar-refractivity contribution in [2.45, 2.75) is 6.54 Å². The fourth-order valence-corrected chi connectivity index (χ4v) is 1.44. The van der Waals surface area contributed by atoms with Crippen molar-refractivity contribution >= 4 is 28.6 Å². The molecule has 0 radical (unpaired) electrons. The van der Waals surface area contributed by atoms with Crippen molar-refractivity contribution in [1.29, 1.82) is 0 Å². The van der Waals surface area contributed by atoms with Crippen LogP contribution < -0.4 is 5.56 Å². The Morgan fingerprint density at radius 1 is 1.46 bits per heavy atom. The Hall–Kier alpha value is -0.480. The van der Waals surface area contributed by atoms with Gasteiger partial charge in [0.25, 0.3) is 5.56 Å². The fraction of sp³-hybridized carbons (Fsp3) is 0.222. The van der Waals surface area contributed by atoms with Gasteiger partial charge in [0.05, 0.1) is 0 Å². The molecule has 0 aliphatic carbocycles. The van der Waals surface area contributed by atoms with Crippen LogP contribution in [-0.4, -0.2) is 10.3 Å². The molecule has 0 N–H and O–H groups in total. The van der Waals surface area contributed by atoms with Gasteiger partial charge in [0.15, 0.2) is 0 Å². The molecule has 0 aliphatic rings. The molecule has 0 aromatic carbocycles. The Kier molecular flexibility index (Phi) is 4.32. The number of halogens is 1. The van der Waals surface area contributed by atoms with Crippen molar-refractivity contribution in [2.75, 3.05) is 5.75 Å². The number of rotatable bonds is 3. The van der Waals surface area contributed by atoms with E-state index in [4.69, 9.17) is 0 Å². The van der Waals surface area contributed by atoms with Gasteiger partial charge in [0.2, 0.25) is 0 Å². The molecule has 1 aromatic rings. The maximum Gasteiger partial charge on any atom is 0.250 e. The largest absolute Gasteiger partial charge is 0.311 e. The predicted octanol–water partition coefficient (Wildman–Crippen LogP) is 2.10. The Labute approximate surface area is 90.8 Å². The second kappa shape index (κ2) is 5.29. The first kappa shape index (κ1) is 10.6. The van der Waals surface area contributed by atoms with E-state index in [1.807, 2.05) is 12.2 Å². The van der Waals surface area contributed by atoms with Gasteiger partial charge in [0, 0.05) is 29.0 Å². The lowest BCUT2D eigenvalue weighted by atomic mass is 10.4. The van der Waals surface area contributed by atoms with Gasteiger partial charge >= 0.3 is 0 Å². The number of allylic oxidation sites excluding steroid dienone is 1. The van der Waals surface area contributed by atoms with E-state index in [1.165, 1.54) is 0 Å². The standard InChI is InChI=1S/C9H10BrNOS/c10-8-3-4-9(12)11(7-8)5-1-2-6-13/h1-4,7,13H,5-6H2. The summed E-state index contributed by atoms with van der Waals surface area (Å²) < 4.78 is 2.54. The molecule has 1 heterocycles. The van der Waals surface area contributed by atoms with Crippen LogP contribution in [0.1, 0.15) is 0 Å². The average Bonchev–Trinajstić information content (AvgIpc) is 2.11. The van der Waals surface area contributed by atoms with Crippen molar-refractivity contribution in [2.24, 2.45) is 0 Å². The summed E-state index contributed by atoms with van der Waals surface area (Å²) in [7, 11) is 0. The topological polar surface area (TPSA) is 22.0 Å². The normalized spacial score (nSPS) is 10.9. The molecule has 0 unspecified atom stereocenters. The first-order chi connectivity index (χ1) is 6.24. The fourth-order valence-electron chi connectivity index (χ4n) is 0.907. The molecule has 0 saturated heterocycles. The van der Waals surface area contributed by atoms with Gasteiger partial charge in [-0.1, -0.05) is 12.2 Å². The van der Waals surface area contributed by atoms with E-state index >= 15 is 0 Å². The molecule has 4 heteroatoms. The molecule has 70 valence electrons. The van der Waals surface area contributed by atoms with Gasteiger partial charge in [-0.25, -0.2) is 0 Å². The molecule has 0 saturated carbocycles. The maximum absolute atomic E-state index is 11.3. The van der Waals surface area contributed by atoms with Gasteiger partial charge < -0.3 is 4.57 Å². The quantitative estimate of drug-likeness (QED) is 0.652. The zero-order valence-electron chi connectivity index (χ0n) is 6.98. The van der Waals surface area contributed by atoms with E-state index in [9.17, 15) is 4.79 Å². The molecular formula is C9H10BrNOS. The van der Waals surface area contributed by atoms with Crippen molar-refractivity contribution in [3.63, 3.8) is 0 Å². The number of aromatic nitrogens is 1. The third kappa shape index (κ3) is 3.40. The van der Waals surface area contributed by atoms with E-state index in [2.05, 4.69) is 28.6 Å². The summed E-state index contributed by atoms with van der Waals surface area (Å²) in [4.78, 5) is 11.3. The Morgan fingerprint density at radius 2 is 2.23 bits per heavy atom. The third-order valence-corrected chi connectivity index (χ3v) is 2.20. The second-order valence-electron chi connectivity index (χ2n) is 2.49. The number of hydrogen-bond donors (Lipinski definition) is 1. The molecule has 0 bridgehead atoms. The Balaban J connectivity index is 2.82. The zero-order chi connectivity index (χ0) is 9.68. The summed E-state index contributed by atoms with van der Waals surface area (Å²) in [5.41, 5.74) is 0.00649. The summed E-state index contributed by atoms with van der Waals surface area (Å²) in [6.45, 7) is 0.596. The summed E-state index contributed by atoms with van der Waals surface area (Å²) in [6, 6.07) is 3.28. The van der Waals surface area contributed by atoms with Crippen LogP contribution in [-0.2, 0) is 6.54 Å². The molecular weight excluding hydrogens is 250 g/mol. The smallest absolute Gasteiger partial charge is 0.250 e. The molecule has 0 amide bonds. The molecule has 0 atom stereocenters. The van der Waals surface area contributed by atoms with E-state index in [0.717, 1.165) is 4.47 Å². The molecule has 0 fully saturated rings. The minimum Gasteiger partial charge on any atom is -0.311 e. The van der Waals surface area contributed by atoms with Crippen LogP contribution in [0.5, 0.6) is 0 Å². The molecule has 0 spiro atoms. The van der Waals surface area contributed by atoms with Crippen molar-refractivity contribution in [3.05, 3.63) is 45.3 Å². The van der Waals surface area contributed by atoms with Crippen molar-refractivity contribution < 1.29 is 0 Å². The molecule has 1 rings (SSSR count). The lowest BCUT2D eigenvalue weighted by Crippen LogP contribution is -2.17. The van der Waals surface area contributed by atoms with Crippen molar-refractivity contribution in [3.8, 4) is 0 Å². The molecule has 1 aromatic heterocycles. The number of pyridine rings is 1. The van der Waals surface area contributed by atoms with Crippen LogP contribution >= 0.6 is 28.6 Å². The minimum atomic E-state index is 0.00649. The lowest BCUT2D eigenvalue weighted by Gasteiger charge is -2.00. The molecule has 0 aliphatic heterocycles. The highest BCUT2D eigenvalue weighted by Crippen LogP contribution is 2.04. The van der Waals surface area contributed by atoms with E-state index in [0.29, 0.717) is 12.3 Å². The summed E-state index contributed by atoms with van der Waals surface area (Å²) in [5.74, 6) is 0.697. The first-order valence-electron chi connectivity index (χ1n) is 3.86. The van der Waals surface area contributed by atoms with Crippen molar-refractivity contribution in [1.82, 2.24) is 4.57 Å². The van der Waals surface area contributed by atoms with Gasteiger partial charge in [-0.05, 0) is 22.0 Å². The van der Waals surface area contributed by atoms with Crippen LogP contribution in [0.15, 0.2) is 39.7 Å². The van der Waals surface area contributed by atoms with E-state index in [-0.39, 0.29) is 5.56 Å². The Morgan fingerprint density at radius 3 is 2.92 bits per heavy atom.